The van der Waals surface area contributed by atoms with Crippen molar-refractivity contribution in [3.8, 4) is 0 Å². The monoisotopic (exact) mass is 379 g/mol. The molecule has 0 saturated heterocycles. The van der Waals surface area contributed by atoms with Gasteiger partial charge in [-0.05, 0) is 24.1 Å². The molecule has 3 rings (SSSR count). The Morgan fingerprint density at radius 3 is 3.12 bits per heavy atom. The van der Waals surface area contributed by atoms with Crippen LogP contribution in [-0.4, -0.2) is 41.7 Å². The fourth-order valence-corrected chi connectivity index (χ4v) is 3.96. The van der Waals surface area contributed by atoms with Crippen molar-refractivity contribution >= 4 is 23.4 Å². The maximum atomic E-state index is 12.4. The maximum absolute atomic E-state index is 12.4. The Labute approximate surface area is 156 Å². The SMILES string of the molecule is COCCCN1CCc2nc(SCc3cccc(Cl)c3)[nH]c(=O)c2C1. The highest BCUT2D eigenvalue weighted by atomic mass is 35.5. The van der Waals surface area contributed by atoms with E-state index in [9.17, 15) is 4.79 Å². The molecule has 0 atom stereocenters. The summed E-state index contributed by atoms with van der Waals surface area (Å²) < 4.78 is 5.09. The summed E-state index contributed by atoms with van der Waals surface area (Å²) in [5.74, 6) is 0.728. The first-order valence-corrected chi connectivity index (χ1v) is 9.72. The molecular formula is C18H22ClN3O2S. The van der Waals surface area contributed by atoms with Crippen molar-refractivity contribution in [2.75, 3.05) is 26.8 Å². The number of ether oxygens (including phenoxy) is 1. The second-order valence-electron chi connectivity index (χ2n) is 6.09. The van der Waals surface area contributed by atoms with Crippen molar-refractivity contribution in [1.82, 2.24) is 14.9 Å². The van der Waals surface area contributed by atoms with E-state index in [2.05, 4.69) is 14.9 Å². The summed E-state index contributed by atoms with van der Waals surface area (Å²) in [6, 6.07) is 7.74. The smallest absolute Gasteiger partial charge is 0.256 e. The van der Waals surface area contributed by atoms with Gasteiger partial charge in [-0.2, -0.15) is 0 Å². The number of nitrogens with zero attached hydrogens (tertiary/aromatic N) is 2. The zero-order valence-corrected chi connectivity index (χ0v) is 15.8. The van der Waals surface area contributed by atoms with Gasteiger partial charge in [-0.15, -0.1) is 0 Å². The van der Waals surface area contributed by atoms with Crippen LogP contribution in [-0.2, 0) is 23.5 Å². The summed E-state index contributed by atoms with van der Waals surface area (Å²) in [5, 5.41) is 1.40. The molecule has 134 valence electrons. The van der Waals surface area contributed by atoms with Gasteiger partial charge in [0, 0.05) is 50.5 Å². The fourth-order valence-electron chi connectivity index (χ4n) is 2.93. The van der Waals surface area contributed by atoms with Crippen LogP contribution in [0, 0.1) is 0 Å². The molecule has 1 aliphatic heterocycles. The molecule has 2 aromatic rings. The van der Waals surface area contributed by atoms with Crippen molar-refractivity contribution in [3.05, 3.63) is 56.5 Å². The minimum absolute atomic E-state index is 0.0185. The van der Waals surface area contributed by atoms with Crippen LogP contribution in [0.4, 0.5) is 0 Å². The second-order valence-corrected chi connectivity index (χ2v) is 7.49. The molecule has 0 bridgehead atoms. The van der Waals surface area contributed by atoms with Crippen LogP contribution in [0.15, 0.2) is 34.2 Å². The van der Waals surface area contributed by atoms with E-state index in [1.54, 1.807) is 7.11 Å². The van der Waals surface area contributed by atoms with Crippen LogP contribution >= 0.6 is 23.4 Å². The van der Waals surface area contributed by atoms with Crippen LogP contribution in [0.25, 0.3) is 0 Å². The van der Waals surface area contributed by atoms with Crippen molar-refractivity contribution in [2.24, 2.45) is 0 Å². The Morgan fingerprint density at radius 1 is 1.44 bits per heavy atom. The van der Waals surface area contributed by atoms with Crippen LogP contribution < -0.4 is 5.56 Å². The Balaban J connectivity index is 1.65. The number of methoxy groups -OCH3 is 1. The van der Waals surface area contributed by atoms with E-state index < -0.39 is 0 Å². The predicted molar refractivity (Wildman–Crippen MR) is 101 cm³/mol. The summed E-state index contributed by atoms with van der Waals surface area (Å²) in [7, 11) is 1.71. The fraction of sp³-hybridized carbons (Fsp3) is 0.444. The highest BCUT2D eigenvalue weighted by molar-refractivity contribution is 7.98. The van der Waals surface area contributed by atoms with Gasteiger partial charge < -0.3 is 9.72 Å². The van der Waals surface area contributed by atoms with E-state index in [0.29, 0.717) is 11.7 Å². The number of benzene rings is 1. The average Bonchev–Trinajstić information content (AvgIpc) is 2.61. The van der Waals surface area contributed by atoms with E-state index >= 15 is 0 Å². The molecule has 1 aliphatic rings. The Kier molecular flexibility index (Phi) is 6.53. The number of hydrogen-bond acceptors (Lipinski definition) is 5. The van der Waals surface area contributed by atoms with Gasteiger partial charge in [0.05, 0.1) is 11.3 Å². The van der Waals surface area contributed by atoms with Crippen LogP contribution in [0.2, 0.25) is 5.02 Å². The minimum Gasteiger partial charge on any atom is -0.385 e. The Hall–Kier alpha value is -1.34. The van der Waals surface area contributed by atoms with Gasteiger partial charge in [0.15, 0.2) is 5.16 Å². The quantitative estimate of drug-likeness (QED) is 0.455. The molecule has 0 spiro atoms. The topological polar surface area (TPSA) is 58.2 Å². The highest BCUT2D eigenvalue weighted by Crippen LogP contribution is 2.22. The summed E-state index contributed by atoms with van der Waals surface area (Å²) in [4.78, 5) is 22.3. The van der Waals surface area contributed by atoms with E-state index in [4.69, 9.17) is 16.3 Å². The molecule has 25 heavy (non-hydrogen) atoms. The summed E-state index contributed by atoms with van der Waals surface area (Å²) in [6.07, 6.45) is 1.79. The third-order valence-electron chi connectivity index (χ3n) is 4.21. The van der Waals surface area contributed by atoms with Crippen molar-refractivity contribution in [1.29, 1.82) is 0 Å². The highest BCUT2D eigenvalue weighted by Gasteiger charge is 2.20. The molecule has 1 N–H and O–H groups in total. The van der Waals surface area contributed by atoms with Gasteiger partial charge in [0.2, 0.25) is 0 Å². The Bertz CT molecular complexity index is 781. The normalized spacial score (nSPS) is 14.5. The summed E-state index contributed by atoms with van der Waals surface area (Å²) in [5.41, 5.74) is 2.83. The lowest BCUT2D eigenvalue weighted by atomic mass is 10.1. The largest absolute Gasteiger partial charge is 0.385 e. The number of hydrogen-bond donors (Lipinski definition) is 1. The van der Waals surface area contributed by atoms with E-state index in [1.165, 1.54) is 11.8 Å². The van der Waals surface area contributed by atoms with Gasteiger partial charge in [0.1, 0.15) is 0 Å². The molecular weight excluding hydrogens is 358 g/mol. The standard InChI is InChI=1S/C18H22ClN3O2S/c1-24-9-3-7-22-8-6-16-15(11-22)17(23)21-18(20-16)25-12-13-4-2-5-14(19)10-13/h2,4-5,10H,3,6-9,11-12H2,1H3,(H,20,21,23). The van der Waals surface area contributed by atoms with Crippen LogP contribution in [0.3, 0.4) is 0 Å². The molecule has 2 heterocycles. The number of H-pyrrole nitrogens is 1. The third-order valence-corrected chi connectivity index (χ3v) is 5.39. The number of rotatable bonds is 7. The van der Waals surface area contributed by atoms with Crippen molar-refractivity contribution in [2.45, 2.75) is 30.3 Å². The first-order chi connectivity index (χ1) is 12.2. The van der Waals surface area contributed by atoms with Gasteiger partial charge in [0.25, 0.3) is 5.56 Å². The predicted octanol–water partition coefficient (Wildman–Crippen LogP) is 3.11. The molecule has 0 fully saturated rings. The van der Waals surface area contributed by atoms with Crippen molar-refractivity contribution < 1.29 is 4.74 Å². The number of aromatic amines is 1. The molecule has 5 nitrogen and oxygen atoms in total. The third kappa shape index (κ3) is 5.07. The van der Waals surface area contributed by atoms with Gasteiger partial charge in [-0.25, -0.2) is 4.98 Å². The molecule has 0 amide bonds. The lowest BCUT2D eigenvalue weighted by Crippen LogP contribution is -2.36. The molecule has 1 aromatic carbocycles. The Morgan fingerprint density at radius 2 is 2.32 bits per heavy atom. The zero-order chi connectivity index (χ0) is 17.6. The van der Waals surface area contributed by atoms with Crippen LogP contribution in [0.1, 0.15) is 23.2 Å². The first-order valence-electron chi connectivity index (χ1n) is 8.36. The van der Waals surface area contributed by atoms with Crippen LogP contribution in [0.5, 0.6) is 0 Å². The lowest BCUT2D eigenvalue weighted by Gasteiger charge is -2.27. The number of aromatic nitrogens is 2. The molecule has 0 aliphatic carbocycles. The van der Waals surface area contributed by atoms with E-state index in [-0.39, 0.29) is 5.56 Å². The van der Waals surface area contributed by atoms with E-state index in [0.717, 1.165) is 60.1 Å². The number of halogens is 1. The number of nitrogens with one attached hydrogen (secondary N) is 1. The molecule has 1 aromatic heterocycles. The van der Waals surface area contributed by atoms with E-state index in [1.807, 2.05) is 24.3 Å². The average molecular weight is 380 g/mol. The number of fused-ring (bicyclic) bond motifs is 1. The zero-order valence-electron chi connectivity index (χ0n) is 14.3. The minimum atomic E-state index is -0.0185. The van der Waals surface area contributed by atoms with Gasteiger partial charge >= 0.3 is 0 Å². The lowest BCUT2D eigenvalue weighted by molar-refractivity contribution is 0.166. The van der Waals surface area contributed by atoms with Gasteiger partial charge in [-0.3, -0.25) is 9.69 Å². The maximum Gasteiger partial charge on any atom is 0.256 e. The van der Waals surface area contributed by atoms with Gasteiger partial charge in [-0.1, -0.05) is 35.5 Å². The second kappa shape index (κ2) is 8.85. The molecule has 7 heteroatoms. The summed E-state index contributed by atoms with van der Waals surface area (Å²) >= 11 is 7.54. The molecule has 0 radical (unpaired) electrons. The molecule has 0 saturated carbocycles. The summed E-state index contributed by atoms with van der Waals surface area (Å²) in [6.45, 7) is 3.29. The first kappa shape index (κ1) is 18.5. The van der Waals surface area contributed by atoms with Crippen molar-refractivity contribution in [3.63, 3.8) is 0 Å². The molecule has 0 unspecified atom stereocenters. The number of thioether (sulfide) groups is 1.